The normalized spacial score (nSPS) is 16.3. The number of fused-ring (bicyclic) bond motifs is 2. The molecule has 0 saturated carbocycles. The first-order chi connectivity index (χ1) is 14.6. The van der Waals surface area contributed by atoms with Gasteiger partial charge >= 0.3 is 0 Å². The number of anilines is 1. The van der Waals surface area contributed by atoms with E-state index in [1.165, 1.54) is 0 Å². The Morgan fingerprint density at radius 3 is 2.83 bits per heavy atom. The second kappa shape index (κ2) is 7.27. The molecule has 2 aliphatic heterocycles. The minimum absolute atomic E-state index is 0.0798. The van der Waals surface area contributed by atoms with Crippen LogP contribution in [0.4, 0.5) is 10.5 Å². The lowest BCUT2D eigenvalue weighted by Crippen LogP contribution is -2.18. The van der Waals surface area contributed by atoms with Gasteiger partial charge in [-0.2, -0.15) is 0 Å². The molecule has 0 radical (unpaired) electrons. The Morgan fingerprint density at radius 2 is 2.00 bits per heavy atom. The fourth-order valence-electron chi connectivity index (χ4n) is 3.41. The summed E-state index contributed by atoms with van der Waals surface area (Å²) in [6.45, 7) is 0.249. The number of imide groups is 1. The minimum atomic E-state index is -0.414. The van der Waals surface area contributed by atoms with Gasteiger partial charge in [-0.25, -0.2) is 0 Å². The second-order valence-corrected chi connectivity index (χ2v) is 7.71. The summed E-state index contributed by atoms with van der Waals surface area (Å²) >= 11 is 0.863. The zero-order valence-corrected chi connectivity index (χ0v) is 16.3. The van der Waals surface area contributed by atoms with Gasteiger partial charge in [0.25, 0.3) is 11.1 Å². The number of para-hydroxylation sites is 1. The number of hydrogen-bond donors (Lipinski definition) is 2. The third kappa shape index (κ3) is 3.39. The van der Waals surface area contributed by atoms with Crippen LogP contribution in [0.3, 0.4) is 0 Å². The average molecular weight is 421 g/mol. The summed E-state index contributed by atoms with van der Waals surface area (Å²) in [7, 11) is 0. The fourth-order valence-corrected chi connectivity index (χ4v) is 4.09. The van der Waals surface area contributed by atoms with Gasteiger partial charge < -0.3 is 19.4 Å². The molecule has 3 heterocycles. The topological polar surface area (TPSA) is 98.7 Å². The lowest BCUT2D eigenvalue weighted by molar-refractivity contribution is -0.117. The van der Waals surface area contributed by atoms with E-state index >= 15 is 0 Å². The van der Waals surface area contributed by atoms with Gasteiger partial charge in [0.2, 0.25) is 12.7 Å². The molecule has 2 N–H and O–H groups in total. The molecule has 0 bridgehead atoms. The Morgan fingerprint density at radius 1 is 1.17 bits per heavy atom. The van der Waals surface area contributed by atoms with Crippen molar-refractivity contribution in [1.82, 2.24) is 9.88 Å². The molecule has 0 aliphatic carbocycles. The number of benzene rings is 2. The van der Waals surface area contributed by atoms with E-state index in [0.29, 0.717) is 22.1 Å². The van der Waals surface area contributed by atoms with Gasteiger partial charge in [0.15, 0.2) is 11.5 Å². The molecule has 0 spiro atoms. The molecule has 8 nitrogen and oxygen atoms in total. The van der Waals surface area contributed by atoms with Gasteiger partial charge in [-0.1, -0.05) is 18.2 Å². The van der Waals surface area contributed by atoms with Gasteiger partial charge in [-0.3, -0.25) is 19.7 Å². The minimum Gasteiger partial charge on any atom is -0.454 e. The zero-order valence-electron chi connectivity index (χ0n) is 15.5. The van der Waals surface area contributed by atoms with Crippen LogP contribution in [-0.4, -0.2) is 28.4 Å². The summed E-state index contributed by atoms with van der Waals surface area (Å²) in [5, 5.41) is 5.59. The Bertz CT molecular complexity index is 1250. The number of nitrogens with one attached hydrogen (secondary N) is 2. The number of ether oxygens (including phenoxy) is 2. The SMILES string of the molecule is O=C(Cn1cc(/C=C2\SC(=O)NC2=O)c2ccccc21)Nc1ccc2c(c1)OCO2. The van der Waals surface area contributed by atoms with E-state index in [9.17, 15) is 14.4 Å². The lowest BCUT2D eigenvalue weighted by atomic mass is 10.1. The van der Waals surface area contributed by atoms with Crippen molar-refractivity contribution in [2.75, 3.05) is 12.1 Å². The predicted molar refractivity (Wildman–Crippen MR) is 112 cm³/mol. The Hall–Kier alpha value is -3.72. The van der Waals surface area contributed by atoms with Crippen LogP contribution in [0.2, 0.25) is 0 Å². The molecule has 0 atom stereocenters. The standard InChI is InChI=1S/C21H15N3O5S/c25-19(22-13-5-6-16-17(8-13)29-11-28-16)10-24-9-12(14-3-1-2-4-15(14)24)7-18-20(26)23-21(27)30-18/h1-9H,10-11H2,(H,22,25)(H,23,26,27)/b18-7-. The Kier molecular flexibility index (Phi) is 4.44. The highest BCUT2D eigenvalue weighted by Crippen LogP contribution is 2.34. The van der Waals surface area contributed by atoms with Gasteiger partial charge in [-0.05, 0) is 36.0 Å². The monoisotopic (exact) mass is 421 g/mol. The van der Waals surface area contributed by atoms with Crippen molar-refractivity contribution >= 4 is 51.5 Å². The van der Waals surface area contributed by atoms with Crippen molar-refractivity contribution in [2.24, 2.45) is 0 Å². The highest BCUT2D eigenvalue weighted by molar-refractivity contribution is 8.18. The molecule has 1 aromatic heterocycles. The summed E-state index contributed by atoms with van der Waals surface area (Å²) < 4.78 is 12.4. The smallest absolute Gasteiger partial charge is 0.290 e. The first-order valence-electron chi connectivity index (χ1n) is 9.09. The zero-order chi connectivity index (χ0) is 20.7. The Balaban J connectivity index is 1.40. The summed E-state index contributed by atoms with van der Waals surface area (Å²) in [6.07, 6.45) is 3.47. The number of carbonyl (C=O) groups is 3. The molecule has 0 unspecified atom stereocenters. The predicted octanol–water partition coefficient (Wildman–Crippen LogP) is 3.33. The third-order valence-electron chi connectivity index (χ3n) is 4.72. The van der Waals surface area contributed by atoms with Crippen LogP contribution < -0.4 is 20.1 Å². The van der Waals surface area contributed by atoms with E-state index in [1.54, 1.807) is 30.5 Å². The van der Waals surface area contributed by atoms with Gasteiger partial charge in [0, 0.05) is 34.4 Å². The number of rotatable bonds is 4. The van der Waals surface area contributed by atoms with E-state index < -0.39 is 11.1 Å². The van der Waals surface area contributed by atoms with Crippen molar-refractivity contribution < 1.29 is 23.9 Å². The van der Waals surface area contributed by atoms with E-state index in [2.05, 4.69) is 10.6 Å². The van der Waals surface area contributed by atoms with Gasteiger partial charge in [0.05, 0.1) is 4.91 Å². The van der Waals surface area contributed by atoms with Crippen LogP contribution in [0.1, 0.15) is 5.56 Å². The van der Waals surface area contributed by atoms with Crippen LogP contribution in [0, 0.1) is 0 Å². The molecule has 3 amide bonds. The fraction of sp³-hybridized carbons (Fsp3) is 0.0952. The molecule has 3 aromatic rings. The van der Waals surface area contributed by atoms with Gasteiger partial charge in [0.1, 0.15) is 6.54 Å². The van der Waals surface area contributed by atoms with E-state index in [-0.39, 0.29) is 19.2 Å². The molecule has 1 saturated heterocycles. The molecule has 30 heavy (non-hydrogen) atoms. The molecule has 9 heteroatoms. The highest BCUT2D eigenvalue weighted by Gasteiger charge is 2.25. The van der Waals surface area contributed by atoms with Crippen molar-refractivity contribution in [1.29, 1.82) is 0 Å². The first kappa shape index (κ1) is 18.3. The Labute approximate surface area is 174 Å². The van der Waals surface area contributed by atoms with Crippen LogP contribution in [0.25, 0.3) is 17.0 Å². The largest absolute Gasteiger partial charge is 0.454 e. The maximum absolute atomic E-state index is 12.6. The summed E-state index contributed by atoms with van der Waals surface area (Å²) in [5.74, 6) is 0.615. The van der Waals surface area contributed by atoms with Crippen LogP contribution in [0.5, 0.6) is 11.5 Å². The number of hydrogen-bond acceptors (Lipinski definition) is 6. The summed E-state index contributed by atoms with van der Waals surface area (Å²) in [5.41, 5.74) is 2.22. The molecular formula is C21H15N3O5S. The average Bonchev–Trinajstić information content (AvgIpc) is 3.40. The number of amides is 3. The molecule has 150 valence electrons. The van der Waals surface area contributed by atoms with Crippen molar-refractivity contribution in [3.63, 3.8) is 0 Å². The van der Waals surface area contributed by atoms with Crippen molar-refractivity contribution in [3.05, 3.63) is 59.1 Å². The van der Waals surface area contributed by atoms with E-state index in [0.717, 1.165) is 28.2 Å². The quantitative estimate of drug-likeness (QED) is 0.627. The van der Waals surface area contributed by atoms with E-state index in [4.69, 9.17) is 9.47 Å². The first-order valence-corrected chi connectivity index (χ1v) is 9.91. The molecule has 2 aromatic carbocycles. The molecular weight excluding hydrogens is 406 g/mol. The molecule has 2 aliphatic rings. The summed E-state index contributed by atoms with van der Waals surface area (Å²) in [4.78, 5) is 36.3. The van der Waals surface area contributed by atoms with Crippen LogP contribution in [-0.2, 0) is 16.1 Å². The van der Waals surface area contributed by atoms with Crippen LogP contribution in [0.15, 0.2) is 53.6 Å². The number of aromatic nitrogens is 1. The third-order valence-corrected chi connectivity index (χ3v) is 5.53. The maximum atomic E-state index is 12.6. The molecule has 1 fully saturated rings. The second-order valence-electron chi connectivity index (χ2n) is 6.70. The number of carbonyl (C=O) groups excluding carboxylic acids is 3. The number of thioether (sulfide) groups is 1. The highest BCUT2D eigenvalue weighted by atomic mass is 32.2. The lowest BCUT2D eigenvalue weighted by Gasteiger charge is -2.08. The maximum Gasteiger partial charge on any atom is 0.290 e. The number of nitrogens with zero attached hydrogens (tertiary/aromatic N) is 1. The van der Waals surface area contributed by atoms with Crippen molar-refractivity contribution in [2.45, 2.75) is 6.54 Å². The molecule has 5 rings (SSSR count). The van der Waals surface area contributed by atoms with Gasteiger partial charge in [-0.15, -0.1) is 0 Å². The van der Waals surface area contributed by atoms with Crippen molar-refractivity contribution in [3.8, 4) is 11.5 Å². The van der Waals surface area contributed by atoms with E-state index in [1.807, 2.05) is 28.8 Å². The van der Waals surface area contributed by atoms with Crippen LogP contribution >= 0.6 is 11.8 Å². The summed E-state index contributed by atoms with van der Waals surface area (Å²) in [6, 6.07) is 12.8.